The lowest BCUT2D eigenvalue weighted by molar-refractivity contribution is 0.938. The van der Waals surface area contributed by atoms with Gasteiger partial charge in [0.05, 0.1) is 5.69 Å². The average molecular weight is 293 g/mol. The molecule has 0 saturated heterocycles. The molecule has 0 unspecified atom stereocenters. The number of nitrogens with one attached hydrogen (secondary N) is 2. The van der Waals surface area contributed by atoms with Gasteiger partial charge in [-0.3, -0.25) is 4.57 Å². The van der Waals surface area contributed by atoms with Crippen molar-refractivity contribution in [2.45, 2.75) is 12.8 Å². The summed E-state index contributed by atoms with van der Waals surface area (Å²) in [6.45, 7) is 0. The number of rotatable bonds is 1. The smallest absolute Gasteiger partial charge is 0.183 e. The zero-order chi connectivity index (χ0) is 14.2. The summed E-state index contributed by atoms with van der Waals surface area (Å²) < 4.78 is 2.81. The van der Waals surface area contributed by atoms with E-state index in [0.717, 1.165) is 34.8 Å². The Morgan fingerprint density at radius 3 is 2.52 bits per heavy atom. The van der Waals surface area contributed by atoms with Gasteiger partial charge in [0.1, 0.15) is 5.82 Å². The minimum absolute atomic E-state index is 0.734. The summed E-state index contributed by atoms with van der Waals surface area (Å²) in [6.07, 6.45) is 1.98. The number of nitrogens with zero attached hydrogens (tertiary/aromatic N) is 1. The molecule has 0 radical (unpaired) electrons. The fourth-order valence-electron chi connectivity index (χ4n) is 2.86. The molecule has 1 aliphatic rings. The lowest BCUT2D eigenvalue weighted by atomic mass is 10.1. The van der Waals surface area contributed by atoms with Crippen molar-refractivity contribution in [1.82, 2.24) is 9.55 Å². The van der Waals surface area contributed by atoms with Gasteiger partial charge < -0.3 is 10.3 Å². The molecule has 4 heteroatoms. The predicted octanol–water partition coefficient (Wildman–Crippen LogP) is 4.38. The van der Waals surface area contributed by atoms with Crippen LogP contribution in [0.25, 0.3) is 5.69 Å². The predicted molar refractivity (Wildman–Crippen MR) is 88.1 cm³/mol. The van der Waals surface area contributed by atoms with Crippen LogP contribution in [0.5, 0.6) is 0 Å². The molecule has 104 valence electrons. The molecule has 2 N–H and O–H groups in total. The standard InChI is InChI=1S/C17H15N3S/c21-17-19-15-11-10-12-6-4-5-9-14(12)18-16(15)20(17)13-7-2-1-3-8-13/h1-9,18H,10-11H2,(H,19,21). The number of aromatic nitrogens is 2. The lowest BCUT2D eigenvalue weighted by Gasteiger charge is -2.12. The zero-order valence-electron chi connectivity index (χ0n) is 11.5. The van der Waals surface area contributed by atoms with Gasteiger partial charge in [0, 0.05) is 11.4 Å². The van der Waals surface area contributed by atoms with E-state index in [0.29, 0.717) is 0 Å². The quantitative estimate of drug-likeness (QED) is 0.653. The van der Waals surface area contributed by atoms with Crippen molar-refractivity contribution in [2.75, 3.05) is 5.32 Å². The van der Waals surface area contributed by atoms with Crippen molar-refractivity contribution in [3.8, 4) is 5.69 Å². The van der Waals surface area contributed by atoms with Crippen LogP contribution in [0, 0.1) is 4.77 Å². The van der Waals surface area contributed by atoms with Crippen molar-refractivity contribution < 1.29 is 0 Å². The summed E-state index contributed by atoms with van der Waals surface area (Å²) in [5, 5.41) is 3.56. The summed E-state index contributed by atoms with van der Waals surface area (Å²) in [5.41, 5.74) is 4.74. The van der Waals surface area contributed by atoms with Crippen molar-refractivity contribution in [1.29, 1.82) is 0 Å². The van der Waals surface area contributed by atoms with E-state index in [-0.39, 0.29) is 0 Å². The Balaban J connectivity index is 1.91. The first kappa shape index (κ1) is 12.4. The molecule has 3 aromatic rings. The van der Waals surface area contributed by atoms with Gasteiger partial charge in [-0.2, -0.15) is 0 Å². The third kappa shape index (κ3) is 2.08. The minimum atomic E-state index is 0.734. The maximum absolute atomic E-state index is 5.51. The number of aromatic amines is 1. The third-order valence-electron chi connectivity index (χ3n) is 3.90. The first-order valence-electron chi connectivity index (χ1n) is 7.07. The topological polar surface area (TPSA) is 32.8 Å². The van der Waals surface area contributed by atoms with Crippen LogP contribution in [0.15, 0.2) is 54.6 Å². The van der Waals surface area contributed by atoms with Crippen molar-refractivity contribution in [3.05, 3.63) is 70.6 Å². The van der Waals surface area contributed by atoms with Gasteiger partial charge in [-0.25, -0.2) is 0 Å². The molecule has 2 heterocycles. The molecule has 0 fully saturated rings. The molecule has 3 nitrogen and oxygen atoms in total. The molecule has 0 bridgehead atoms. The summed E-state index contributed by atoms with van der Waals surface area (Å²) in [5.74, 6) is 1.05. The third-order valence-corrected chi connectivity index (χ3v) is 4.18. The van der Waals surface area contributed by atoms with Crippen molar-refractivity contribution in [2.24, 2.45) is 0 Å². The van der Waals surface area contributed by atoms with Gasteiger partial charge in [-0.15, -0.1) is 0 Å². The first-order valence-corrected chi connectivity index (χ1v) is 7.48. The zero-order valence-corrected chi connectivity index (χ0v) is 12.3. The number of aryl methyl sites for hydroxylation is 2. The van der Waals surface area contributed by atoms with Gasteiger partial charge in [-0.05, 0) is 48.8 Å². The number of hydrogen-bond donors (Lipinski definition) is 2. The van der Waals surface area contributed by atoms with E-state index < -0.39 is 0 Å². The normalized spacial score (nSPS) is 13.0. The van der Waals surface area contributed by atoms with Crippen LogP contribution in [0.4, 0.5) is 11.5 Å². The highest BCUT2D eigenvalue weighted by molar-refractivity contribution is 7.71. The first-order chi connectivity index (χ1) is 10.3. The van der Waals surface area contributed by atoms with E-state index in [2.05, 4.69) is 51.3 Å². The molecular formula is C17H15N3S. The second-order valence-electron chi connectivity index (χ2n) is 5.21. The summed E-state index contributed by atoms with van der Waals surface area (Å²) in [6, 6.07) is 18.7. The number of benzene rings is 2. The number of H-pyrrole nitrogens is 1. The molecule has 0 atom stereocenters. The van der Waals surface area contributed by atoms with Crippen LogP contribution < -0.4 is 5.32 Å². The van der Waals surface area contributed by atoms with E-state index in [1.54, 1.807) is 0 Å². The molecule has 2 aromatic carbocycles. The fourth-order valence-corrected chi connectivity index (χ4v) is 3.18. The number of imidazole rings is 1. The molecule has 0 saturated carbocycles. The van der Waals surface area contributed by atoms with Crippen LogP contribution in [0.3, 0.4) is 0 Å². The average Bonchev–Trinajstić information content (AvgIpc) is 2.72. The summed E-state index contributed by atoms with van der Waals surface area (Å²) in [4.78, 5) is 3.35. The fraction of sp³-hybridized carbons (Fsp3) is 0.118. The molecule has 0 aliphatic carbocycles. The second kappa shape index (κ2) is 4.90. The Labute approximate surface area is 128 Å². The highest BCUT2D eigenvalue weighted by Crippen LogP contribution is 2.31. The van der Waals surface area contributed by atoms with Gasteiger partial charge in [-0.1, -0.05) is 36.4 Å². The van der Waals surface area contributed by atoms with E-state index >= 15 is 0 Å². The van der Waals surface area contributed by atoms with Crippen LogP contribution in [-0.4, -0.2) is 9.55 Å². The Morgan fingerprint density at radius 1 is 0.905 bits per heavy atom. The molecule has 1 aliphatic heterocycles. The van der Waals surface area contributed by atoms with E-state index in [4.69, 9.17) is 12.2 Å². The van der Waals surface area contributed by atoms with Gasteiger partial charge in [0.15, 0.2) is 4.77 Å². The molecular weight excluding hydrogens is 278 g/mol. The van der Waals surface area contributed by atoms with Crippen molar-refractivity contribution in [3.63, 3.8) is 0 Å². The highest BCUT2D eigenvalue weighted by atomic mass is 32.1. The van der Waals surface area contributed by atoms with Crippen LogP contribution in [0.2, 0.25) is 0 Å². The van der Waals surface area contributed by atoms with Gasteiger partial charge in [0.25, 0.3) is 0 Å². The lowest BCUT2D eigenvalue weighted by Crippen LogP contribution is -2.01. The van der Waals surface area contributed by atoms with Crippen LogP contribution in [-0.2, 0) is 12.8 Å². The second-order valence-corrected chi connectivity index (χ2v) is 5.60. The Bertz CT molecular complexity index is 846. The summed E-state index contributed by atoms with van der Waals surface area (Å²) >= 11 is 5.51. The number of fused-ring (bicyclic) bond motifs is 2. The van der Waals surface area contributed by atoms with Crippen molar-refractivity contribution >= 4 is 23.7 Å². The van der Waals surface area contributed by atoms with Crippen LogP contribution in [0.1, 0.15) is 11.3 Å². The highest BCUT2D eigenvalue weighted by Gasteiger charge is 2.18. The Kier molecular flexibility index (Phi) is 2.89. The van der Waals surface area contributed by atoms with E-state index in [9.17, 15) is 0 Å². The van der Waals surface area contributed by atoms with Gasteiger partial charge in [0.2, 0.25) is 0 Å². The largest absolute Gasteiger partial charge is 0.340 e. The number of para-hydroxylation sites is 2. The summed E-state index contributed by atoms with van der Waals surface area (Å²) in [7, 11) is 0. The van der Waals surface area contributed by atoms with E-state index in [1.807, 2.05) is 18.2 Å². The maximum atomic E-state index is 5.51. The monoisotopic (exact) mass is 293 g/mol. The Hall–Kier alpha value is -2.33. The molecule has 4 rings (SSSR count). The molecule has 0 amide bonds. The number of hydrogen-bond acceptors (Lipinski definition) is 2. The number of anilines is 2. The van der Waals surface area contributed by atoms with E-state index in [1.165, 1.54) is 11.3 Å². The molecule has 1 aromatic heterocycles. The molecule has 21 heavy (non-hydrogen) atoms. The minimum Gasteiger partial charge on any atom is -0.340 e. The van der Waals surface area contributed by atoms with Gasteiger partial charge >= 0.3 is 0 Å². The Morgan fingerprint density at radius 2 is 1.67 bits per heavy atom. The molecule has 0 spiro atoms. The maximum Gasteiger partial charge on any atom is 0.183 e. The van der Waals surface area contributed by atoms with Crippen LogP contribution >= 0.6 is 12.2 Å². The SMILES string of the molecule is S=c1[nH]c2c(n1-c1ccccc1)Nc1ccccc1CC2.